The van der Waals surface area contributed by atoms with E-state index in [1.54, 1.807) is 18.6 Å². The smallest absolute Gasteiger partial charge is 0.0657 e. The highest BCUT2D eigenvalue weighted by atomic mass is 14.9. The van der Waals surface area contributed by atoms with Crippen LogP contribution in [-0.4, -0.2) is 9.97 Å². The summed E-state index contributed by atoms with van der Waals surface area (Å²) in [5, 5.41) is 3.33. The van der Waals surface area contributed by atoms with E-state index in [1.165, 1.54) is 0 Å². The summed E-state index contributed by atoms with van der Waals surface area (Å²) in [4.78, 5) is 8.34. The molecule has 0 amide bonds. The molecule has 0 spiro atoms. The molecule has 15 heavy (non-hydrogen) atoms. The summed E-state index contributed by atoms with van der Waals surface area (Å²) in [6.07, 6.45) is 5.37. The monoisotopic (exact) mass is 199 g/mol. The van der Waals surface area contributed by atoms with Gasteiger partial charge in [0.15, 0.2) is 0 Å². The van der Waals surface area contributed by atoms with Gasteiger partial charge in [0.05, 0.1) is 17.4 Å². The zero-order valence-corrected chi connectivity index (χ0v) is 8.59. The van der Waals surface area contributed by atoms with Gasteiger partial charge in [0.25, 0.3) is 0 Å². The molecule has 3 heteroatoms. The number of aromatic nitrogens is 2. The number of nitrogens with one attached hydrogen (secondary N) is 1. The first-order valence-corrected chi connectivity index (χ1v) is 4.94. The second-order valence-corrected chi connectivity index (χ2v) is 3.36. The molecule has 2 aromatic rings. The maximum absolute atomic E-state index is 4.29. The molecular formula is C12H13N3. The van der Waals surface area contributed by atoms with Crippen LogP contribution in [0.1, 0.15) is 18.7 Å². The van der Waals surface area contributed by atoms with E-state index in [4.69, 9.17) is 0 Å². The molecule has 1 atom stereocenters. The number of anilines is 1. The molecule has 0 saturated heterocycles. The van der Waals surface area contributed by atoms with E-state index in [-0.39, 0.29) is 6.04 Å². The Balaban J connectivity index is 2.08. The summed E-state index contributed by atoms with van der Waals surface area (Å²) in [5.74, 6) is 0. The topological polar surface area (TPSA) is 37.8 Å². The van der Waals surface area contributed by atoms with Crippen LogP contribution in [0, 0.1) is 0 Å². The fourth-order valence-electron chi connectivity index (χ4n) is 1.40. The van der Waals surface area contributed by atoms with Crippen LogP contribution in [0.3, 0.4) is 0 Å². The minimum absolute atomic E-state index is 0.190. The third-order valence-electron chi connectivity index (χ3n) is 2.18. The molecular weight excluding hydrogens is 186 g/mol. The van der Waals surface area contributed by atoms with E-state index in [2.05, 4.69) is 22.2 Å². The molecule has 0 aliphatic carbocycles. The van der Waals surface area contributed by atoms with Gasteiger partial charge in [-0.25, -0.2) is 0 Å². The van der Waals surface area contributed by atoms with E-state index in [1.807, 2.05) is 30.3 Å². The van der Waals surface area contributed by atoms with E-state index in [0.717, 1.165) is 11.4 Å². The lowest BCUT2D eigenvalue weighted by molar-refractivity contribution is 0.838. The molecule has 0 aliphatic rings. The molecule has 0 fully saturated rings. The molecule has 1 unspecified atom stereocenters. The highest BCUT2D eigenvalue weighted by Crippen LogP contribution is 2.15. The van der Waals surface area contributed by atoms with Crippen molar-refractivity contribution >= 4 is 5.69 Å². The Hall–Kier alpha value is -1.90. The summed E-state index contributed by atoms with van der Waals surface area (Å²) in [7, 11) is 0. The van der Waals surface area contributed by atoms with Crippen molar-refractivity contribution in [2.75, 3.05) is 5.32 Å². The maximum Gasteiger partial charge on any atom is 0.0657 e. The Morgan fingerprint density at radius 1 is 1.13 bits per heavy atom. The first kappa shape index (κ1) is 9.65. The van der Waals surface area contributed by atoms with Crippen LogP contribution in [0.2, 0.25) is 0 Å². The SMILES string of the molecule is CC(Nc1cccnc1)c1ccccn1. The molecule has 76 valence electrons. The van der Waals surface area contributed by atoms with Gasteiger partial charge in [-0.05, 0) is 31.2 Å². The molecule has 3 nitrogen and oxygen atoms in total. The van der Waals surface area contributed by atoms with E-state index in [9.17, 15) is 0 Å². The average molecular weight is 199 g/mol. The van der Waals surface area contributed by atoms with Crippen molar-refractivity contribution in [3.05, 3.63) is 54.6 Å². The third kappa shape index (κ3) is 2.53. The second-order valence-electron chi connectivity index (χ2n) is 3.36. The van der Waals surface area contributed by atoms with Gasteiger partial charge in [0.2, 0.25) is 0 Å². The zero-order valence-electron chi connectivity index (χ0n) is 8.59. The van der Waals surface area contributed by atoms with Crippen LogP contribution in [-0.2, 0) is 0 Å². The van der Waals surface area contributed by atoms with Crippen LogP contribution >= 0.6 is 0 Å². The van der Waals surface area contributed by atoms with Crippen molar-refractivity contribution in [2.45, 2.75) is 13.0 Å². The molecule has 1 N–H and O–H groups in total. The summed E-state index contributed by atoms with van der Waals surface area (Å²) in [6.45, 7) is 2.08. The van der Waals surface area contributed by atoms with Crippen molar-refractivity contribution in [1.29, 1.82) is 0 Å². The van der Waals surface area contributed by atoms with Gasteiger partial charge in [0, 0.05) is 18.6 Å². The van der Waals surface area contributed by atoms with Gasteiger partial charge in [-0.2, -0.15) is 0 Å². The fraction of sp³-hybridized carbons (Fsp3) is 0.167. The normalized spacial score (nSPS) is 12.1. The van der Waals surface area contributed by atoms with Gasteiger partial charge in [-0.1, -0.05) is 6.07 Å². The van der Waals surface area contributed by atoms with Crippen molar-refractivity contribution in [1.82, 2.24) is 9.97 Å². The molecule has 0 bridgehead atoms. The summed E-state index contributed by atoms with van der Waals surface area (Å²) < 4.78 is 0. The summed E-state index contributed by atoms with van der Waals surface area (Å²) >= 11 is 0. The first-order valence-electron chi connectivity index (χ1n) is 4.94. The predicted octanol–water partition coefficient (Wildman–Crippen LogP) is 2.65. The fourth-order valence-corrected chi connectivity index (χ4v) is 1.40. The second kappa shape index (κ2) is 4.55. The minimum Gasteiger partial charge on any atom is -0.376 e. The van der Waals surface area contributed by atoms with Crippen molar-refractivity contribution in [3.63, 3.8) is 0 Å². The molecule has 0 aliphatic heterocycles. The lowest BCUT2D eigenvalue weighted by Crippen LogP contribution is -2.08. The average Bonchev–Trinajstić information content (AvgIpc) is 2.31. The molecule has 2 rings (SSSR count). The largest absolute Gasteiger partial charge is 0.376 e. The van der Waals surface area contributed by atoms with Crippen LogP contribution in [0.15, 0.2) is 48.9 Å². The van der Waals surface area contributed by atoms with Crippen LogP contribution < -0.4 is 5.32 Å². The van der Waals surface area contributed by atoms with Crippen molar-refractivity contribution in [3.8, 4) is 0 Å². The Labute approximate surface area is 89.2 Å². The molecule has 2 aromatic heterocycles. The predicted molar refractivity (Wildman–Crippen MR) is 60.5 cm³/mol. The van der Waals surface area contributed by atoms with E-state index < -0.39 is 0 Å². The number of nitrogens with zero attached hydrogens (tertiary/aromatic N) is 2. The zero-order chi connectivity index (χ0) is 10.5. The quantitative estimate of drug-likeness (QED) is 0.825. The number of hydrogen-bond acceptors (Lipinski definition) is 3. The van der Waals surface area contributed by atoms with Gasteiger partial charge >= 0.3 is 0 Å². The maximum atomic E-state index is 4.29. The van der Waals surface area contributed by atoms with Crippen molar-refractivity contribution < 1.29 is 0 Å². The lowest BCUT2D eigenvalue weighted by Gasteiger charge is -2.13. The highest BCUT2D eigenvalue weighted by molar-refractivity contribution is 5.41. The molecule has 0 radical (unpaired) electrons. The van der Waals surface area contributed by atoms with Crippen molar-refractivity contribution in [2.24, 2.45) is 0 Å². The number of rotatable bonds is 3. The van der Waals surface area contributed by atoms with Gasteiger partial charge in [-0.15, -0.1) is 0 Å². The van der Waals surface area contributed by atoms with Crippen LogP contribution in [0.5, 0.6) is 0 Å². The molecule has 0 saturated carbocycles. The van der Waals surface area contributed by atoms with Gasteiger partial charge in [-0.3, -0.25) is 9.97 Å². The Morgan fingerprint density at radius 2 is 2.07 bits per heavy atom. The lowest BCUT2D eigenvalue weighted by atomic mass is 10.2. The third-order valence-corrected chi connectivity index (χ3v) is 2.18. The molecule has 0 aromatic carbocycles. The summed E-state index contributed by atoms with van der Waals surface area (Å²) in [6, 6.07) is 10.0. The Bertz CT molecular complexity index is 400. The van der Waals surface area contributed by atoms with Crippen LogP contribution in [0.25, 0.3) is 0 Å². The van der Waals surface area contributed by atoms with Gasteiger partial charge < -0.3 is 5.32 Å². The molecule has 2 heterocycles. The van der Waals surface area contributed by atoms with E-state index >= 15 is 0 Å². The van der Waals surface area contributed by atoms with Crippen LogP contribution in [0.4, 0.5) is 5.69 Å². The first-order chi connectivity index (χ1) is 7.36. The summed E-state index contributed by atoms with van der Waals surface area (Å²) in [5.41, 5.74) is 2.04. The minimum atomic E-state index is 0.190. The van der Waals surface area contributed by atoms with Gasteiger partial charge in [0.1, 0.15) is 0 Å². The highest BCUT2D eigenvalue weighted by Gasteiger charge is 2.04. The number of hydrogen-bond donors (Lipinski definition) is 1. The van der Waals surface area contributed by atoms with E-state index in [0.29, 0.717) is 0 Å². The standard InChI is InChI=1S/C12H13N3/c1-10(12-6-2-3-8-14-12)15-11-5-4-7-13-9-11/h2-10,15H,1H3. The Kier molecular flexibility index (Phi) is 2.93. The Morgan fingerprint density at radius 3 is 2.73 bits per heavy atom. The number of pyridine rings is 2.